The summed E-state index contributed by atoms with van der Waals surface area (Å²) in [5, 5.41) is 0. The predicted octanol–water partition coefficient (Wildman–Crippen LogP) is 7.76. The van der Waals surface area contributed by atoms with Gasteiger partial charge in [-0.05, 0) is 35.4 Å². The van der Waals surface area contributed by atoms with Gasteiger partial charge in [-0.15, -0.1) is 22.7 Å². The molecule has 0 saturated heterocycles. The average molecular weight is 409 g/mol. The fourth-order valence-corrected chi connectivity index (χ4v) is 5.59. The lowest BCUT2D eigenvalue weighted by atomic mass is 10.1. The van der Waals surface area contributed by atoms with Crippen molar-refractivity contribution in [2.24, 2.45) is 0 Å². The van der Waals surface area contributed by atoms with Crippen molar-refractivity contribution in [1.82, 2.24) is 0 Å². The van der Waals surface area contributed by atoms with Crippen LogP contribution in [-0.2, 0) is 0 Å². The molecule has 0 saturated carbocycles. The van der Waals surface area contributed by atoms with Gasteiger partial charge in [-0.2, -0.15) is 0 Å². The Hall–Kier alpha value is -1.47. The number of thiophene rings is 2. The first-order valence-electron chi connectivity index (χ1n) is 8.78. The number of hydrogen-bond donors (Lipinski definition) is 0. The number of rotatable bonds is 6. The van der Waals surface area contributed by atoms with Gasteiger partial charge >= 0.3 is 0 Å². The third-order valence-electron chi connectivity index (χ3n) is 3.87. The van der Waals surface area contributed by atoms with Crippen molar-refractivity contribution in [3.63, 3.8) is 0 Å². The largest absolute Gasteiger partial charge is 0.136 e. The van der Waals surface area contributed by atoms with Crippen LogP contribution in [0.1, 0.15) is 9.75 Å². The summed E-state index contributed by atoms with van der Waals surface area (Å²) in [7, 11) is -0.612. The van der Waals surface area contributed by atoms with Crippen molar-refractivity contribution >= 4 is 52.4 Å². The van der Waals surface area contributed by atoms with E-state index in [0.29, 0.717) is 0 Å². The SMILES string of the molecule is C[Si](C)/C=C/c1ccc(-c2ccc(-c3ccc(/C=C/[Si](C)C)s3)cc2)s1. The van der Waals surface area contributed by atoms with Gasteiger partial charge in [-0.25, -0.2) is 0 Å². The van der Waals surface area contributed by atoms with Crippen LogP contribution in [0.5, 0.6) is 0 Å². The molecule has 132 valence electrons. The summed E-state index contributed by atoms with van der Waals surface area (Å²) in [5.74, 6) is 0. The van der Waals surface area contributed by atoms with Crippen molar-refractivity contribution in [1.29, 1.82) is 0 Å². The first-order valence-corrected chi connectivity index (χ1v) is 15.6. The highest BCUT2D eigenvalue weighted by Crippen LogP contribution is 2.33. The summed E-state index contributed by atoms with van der Waals surface area (Å²) in [5.41, 5.74) is 7.32. The monoisotopic (exact) mass is 408 g/mol. The zero-order chi connectivity index (χ0) is 18.5. The van der Waals surface area contributed by atoms with Crippen LogP contribution in [0.2, 0.25) is 26.2 Å². The van der Waals surface area contributed by atoms with Gasteiger partial charge in [-0.1, -0.05) is 74.0 Å². The van der Waals surface area contributed by atoms with Crippen molar-refractivity contribution in [3.8, 4) is 20.9 Å². The molecule has 0 amide bonds. The molecule has 4 heteroatoms. The van der Waals surface area contributed by atoms with E-state index in [4.69, 9.17) is 0 Å². The molecule has 0 atom stereocenters. The predicted molar refractivity (Wildman–Crippen MR) is 126 cm³/mol. The molecule has 1 aromatic carbocycles. The van der Waals surface area contributed by atoms with Crippen molar-refractivity contribution in [3.05, 3.63) is 69.7 Å². The van der Waals surface area contributed by atoms with Crippen LogP contribution >= 0.6 is 22.7 Å². The molecule has 3 aromatic rings. The Bertz CT molecular complexity index is 821. The van der Waals surface area contributed by atoms with Gasteiger partial charge in [-0.3, -0.25) is 0 Å². The minimum absolute atomic E-state index is 0.306. The molecule has 26 heavy (non-hydrogen) atoms. The molecule has 0 aliphatic carbocycles. The number of hydrogen-bond acceptors (Lipinski definition) is 2. The molecule has 2 aromatic heterocycles. The van der Waals surface area contributed by atoms with Gasteiger partial charge in [0.15, 0.2) is 0 Å². The Morgan fingerprint density at radius 2 is 0.962 bits per heavy atom. The van der Waals surface area contributed by atoms with Crippen LogP contribution in [0.15, 0.2) is 59.9 Å². The van der Waals surface area contributed by atoms with Crippen molar-refractivity contribution in [2.75, 3.05) is 0 Å². The van der Waals surface area contributed by atoms with Gasteiger partial charge in [0.25, 0.3) is 0 Å². The van der Waals surface area contributed by atoms with E-state index in [1.165, 1.54) is 30.6 Å². The van der Waals surface area contributed by atoms with E-state index in [2.05, 4.69) is 98.3 Å². The zero-order valence-corrected chi connectivity index (χ0v) is 19.4. The molecule has 0 aliphatic rings. The summed E-state index contributed by atoms with van der Waals surface area (Å²) < 4.78 is 0. The summed E-state index contributed by atoms with van der Waals surface area (Å²) in [6, 6.07) is 17.9. The van der Waals surface area contributed by atoms with Crippen LogP contribution < -0.4 is 0 Å². The fraction of sp³-hybridized carbons (Fsp3) is 0.182. The van der Waals surface area contributed by atoms with E-state index in [0.717, 1.165) is 0 Å². The van der Waals surface area contributed by atoms with Crippen molar-refractivity contribution in [2.45, 2.75) is 26.2 Å². The molecule has 3 rings (SSSR count). The second-order valence-electron chi connectivity index (χ2n) is 6.80. The minimum atomic E-state index is -0.306. The van der Waals surface area contributed by atoms with Gasteiger partial charge in [0, 0.05) is 19.5 Å². The van der Waals surface area contributed by atoms with E-state index < -0.39 is 0 Å². The highest BCUT2D eigenvalue weighted by molar-refractivity contribution is 7.16. The average Bonchev–Trinajstić information content (AvgIpc) is 3.28. The molecule has 2 radical (unpaired) electrons. The highest BCUT2D eigenvalue weighted by atomic mass is 32.1. The minimum Gasteiger partial charge on any atom is -0.136 e. The first kappa shape index (κ1) is 19.3. The van der Waals surface area contributed by atoms with Crippen LogP contribution in [0, 0.1) is 0 Å². The molecule has 0 fully saturated rings. The Labute approximate surface area is 168 Å². The topological polar surface area (TPSA) is 0 Å². The molecule has 0 bridgehead atoms. The molecule has 2 heterocycles. The van der Waals surface area contributed by atoms with E-state index in [1.54, 1.807) is 0 Å². The van der Waals surface area contributed by atoms with E-state index >= 15 is 0 Å². The smallest absolute Gasteiger partial charge is 0.0693 e. The maximum atomic E-state index is 2.35. The summed E-state index contributed by atoms with van der Waals surface area (Å²) in [4.78, 5) is 5.37. The van der Waals surface area contributed by atoms with Crippen LogP contribution in [0.4, 0.5) is 0 Å². The third-order valence-corrected chi connectivity index (χ3v) is 7.74. The highest BCUT2D eigenvalue weighted by Gasteiger charge is 2.05. The second kappa shape index (κ2) is 8.95. The maximum Gasteiger partial charge on any atom is 0.0693 e. The lowest BCUT2D eigenvalue weighted by molar-refractivity contribution is 1.69. The van der Waals surface area contributed by atoms with Crippen LogP contribution in [0.25, 0.3) is 33.0 Å². The molecule has 0 aliphatic heterocycles. The maximum absolute atomic E-state index is 2.35. The van der Waals surface area contributed by atoms with E-state index in [1.807, 2.05) is 22.7 Å². The Morgan fingerprint density at radius 1 is 0.577 bits per heavy atom. The van der Waals surface area contributed by atoms with E-state index in [-0.39, 0.29) is 17.6 Å². The molecule has 0 N–H and O–H groups in total. The van der Waals surface area contributed by atoms with E-state index in [9.17, 15) is 0 Å². The Kier molecular flexibility index (Phi) is 6.65. The second-order valence-corrected chi connectivity index (χ2v) is 14.0. The van der Waals surface area contributed by atoms with Gasteiger partial charge in [0.2, 0.25) is 0 Å². The summed E-state index contributed by atoms with van der Waals surface area (Å²) in [6.07, 6.45) is 4.55. The fourth-order valence-electron chi connectivity index (χ4n) is 2.49. The van der Waals surface area contributed by atoms with Crippen molar-refractivity contribution < 1.29 is 0 Å². The standard InChI is InChI=1S/C22H24S2Si2/c1-25(2)15-13-19-9-11-21(23-19)17-5-7-18(8-6-17)22-12-10-20(24-22)14-16-26(3)4/h5-16H,1-4H3/b15-13+,16-14+. The Balaban J connectivity index is 1.75. The lowest BCUT2D eigenvalue weighted by Gasteiger charge is -2.00. The van der Waals surface area contributed by atoms with Gasteiger partial charge < -0.3 is 0 Å². The zero-order valence-electron chi connectivity index (χ0n) is 15.7. The molecular formula is C22H24S2Si2. The third kappa shape index (κ3) is 5.27. The number of benzene rings is 1. The van der Waals surface area contributed by atoms with Crippen LogP contribution in [-0.4, -0.2) is 17.6 Å². The molecule has 0 unspecified atom stereocenters. The molecule has 0 spiro atoms. The first-order chi connectivity index (χ1) is 12.5. The van der Waals surface area contributed by atoms with Crippen LogP contribution in [0.3, 0.4) is 0 Å². The normalized spacial score (nSPS) is 12.2. The Morgan fingerprint density at radius 3 is 1.31 bits per heavy atom. The lowest BCUT2D eigenvalue weighted by Crippen LogP contribution is -1.91. The summed E-state index contributed by atoms with van der Waals surface area (Å²) in [6.45, 7) is 9.24. The van der Waals surface area contributed by atoms with Gasteiger partial charge in [0.1, 0.15) is 0 Å². The molecular weight excluding hydrogens is 385 g/mol. The van der Waals surface area contributed by atoms with Gasteiger partial charge in [0.05, 0.1) is 17.6 Å². The summed E-state index contributed by atoms with van der Waals surface area (Å²) >= 11 is 3.74. The molecule has 0 nitrogen and oxygen atoms in total. The quantitative estimate of drug-likeness (QED) is 0.366.